The summed E-state index contributed by atoms with van der Waals surface area (Å²) in [4.78, 5) is 16.4. The molecule has 0 saturated carbocycles. The first-order valence-electron chi connectivity index (χ1n) is 7.85. The van der Waals surface area contributed by atoms with Crippen LogP contribution < -0.4 is 5.32 Å². The van der Waals surface area contributed by atoms with E-state index < -0.39 is 6.10 Å². The lowest BCUT2D eigenvalue weighted by molar-refractivity contribution is 0.0883. The zero-order valence-electron chi connectivity index (χ0n) is 13.7. The number of carbonyl (C=O) groups is 1. The van der Waals surface area contributed by atoms with Crippen LogP contribution in [0.25, 0.3) is 0 Å². The van der Waals surface area contributed by atoms with E-state index in [4.69, 9.17) is 4.42 Å². The van der Waals surface area contributed by atoms with Gasteiger partial charge in [-0.1, -0.05) is 19.9 Å². The molecule has 0 aromatic carbocycles. The van der Waals surface area contributed by atoms with E-state index >= 15 is 0 Å². The molecular formula is C18H22N2O3. The first kappa shape index (κ1) is 15.7. The average Bonchev–Trinajstić information content (AvgIpc) is 2.81. The second kappa shape index (κ2) is 5.81. The van der Waals surface area contributed by atoms with Crippen molar-refractivity contribution in [3.8, 4) is 0 Å². The maximum Gasteiger partial charge on any atom is 0.287 e. The van der Waals surface area contributed by atoms with Gasteiger partial charge in [-0.2, -0.15) is 0 Å². The highest BCUT2D eigenvalue weighted by atomic mass is 16.4. The largest absolute Gasteiger partial charge is 0.455 e. The van der Waals surface area contributed by atoms with Gasteiger partial charge in [-0.05, 0) is 30.4 Å². The van der Waals surface area contributed by atoms with Gasteiger partial charge in [-0.3, -0.25) is 9.78 Å². The second-order valence-electron chi connectivity index (χ2n) is 7.00. The van der Waals surface area contributed by atoms with E-state index in [9.17, 15) is 9.90 Å². The molecular weight excluding hydrogens is 292 g/mol. The predicted octanol–water partition coefficient (Wildman–Crippen LogP) is 2.92. The van der Waals surface area contributed by atoms with Gasteiger partial charge in [0.25, 0.3) is 5.91 Å². The van der Waals surface area contributed by atoms with Gasteiger partial charge in [0.2, 0.25) is 0 Å². The minimum atomic E-state index is -0.572. The molecule has 1 amide bonds. The molecule has 2 heterocycles. The summed E-state index contributed by atoms with van der Waals surface area (Å²) in [6, 6.07) is 3.73. The van der Waals surface area contributed by atoms with Gasteiger partial charge in [-0.25, -0.2) is 0 Å². The number of rotatable bonds is 3. The van der Waals surface area contributed by atoms with Crippen LogP contribution in [0.5, 0.6) is 0 Å². The van der Waals surface area contributed by atoms with Crippen molar-refractivity contribution in [1.29, 1.82) is 0 Å². The number of fused-ring (bicyclic) bond motifs is 1. The number of furan rings is 1. The normalized spacial score (nSPS) is 19.2. The van der Waals surface area contributed by atoms with E-state index in [0.717, 1.165) is 28.9 Å². The zero-order valence-corrected chi connectivity index (χ0v) is 13.7. The summed E-state index contributed by atoms with van der Waals surface area (Å²) < 4.78 is 5.81. The standard InChI is InChI=1S/C18H22N2O3/c1-11-15-13(21)7-18(2,3)8-14(15)23-16(11)17(22)20-10-12-5-4-6-19-9-12/h4-6,9,13,21H,7-8,10H2,1-3H3,(H,20,22)/t13-/m0/s1. The van der Waals surface area contributed by atoms with Crippen LogP contribution in [-0.4, -0.2) is 16.0 Å². The molecule has 5 nitrogen and oxygen atoms in total. The molecule has 23 heavy (non-hydrogen) atoms. The number of aliphatic hydroxyl groups excluding tert-OH is 1. The predicted molar refractivity (Wildman–Crippen MR) is 85.9 cm³/mol. The van der Waals surface area contributed by atoms with Crippen LogP contribution in [0.15, 0.2) is 28.9 Å². The van der Waals surface area contributed by atoms with Crippen LogP contribution in [0.2, 0.25) is 0 Å². The number of hydrogen-bond donors (Lipinski definition) is 2. The molecule has 0 bridgehead atoms. The summed E-state index contributed by atoms with van der Waals surface area (Å²) in [7, 11) is 0. The molecule has 0 spiro atoms. The van der Waals surface area contributed by atoms with E-state index in [1.165, 1.54) is 0 Å². The smallest absolute Gasteiger partial charge is 0.287 e. The van der Waals surface area contributed by atoms with Crippen molar-refractivity contribution in [2.24, 2.45) is 5.41 Å². The molecule has 5 heteroatoms. The average molecular weight is 314 g/mol. The third kappa shape index (κ3) is 3.15. The Kier molecular flexibility index (Phi) is 3.98. The first-order chi connectivity index (χ1) is 10.9. The van der Waals surface area contributed by atoms with Gasteiger partial charge < -0.3 is 14.8 Å². The summed E-state index contributed by atoms with van der Waals surface area (Å²) in [6.07, 6.45) is 4.25. The van der Waals surface area contributed by atoms with Crippen molar-refractivity contribution in [3.63, 3.8) is 0 Å². The number of hydrogen-bond acceptors (Lipinski definition) is 4. The number of carbonyl (C=O) groups excluding carboxylic acids is 1. The highest BCUT2D eigenvalue weighted by molar-refractivity contribution is 5.93. The Balaban J connectivity index is 1.80. The summed E-state index contributed by atoms with van der Waals surface area (Å²) in [6.45, 7) is 6.42. The third-order valence-electron chi connectivity index (χ3n) is 4.37. The van der Waals surface area contributed by atoms with Gasteiger partial charge in [0.1, 0.15) is 5.76 Å². The van der Waals surface area contributed by atoms with E-state index in [2.05, 4.69) is 24.1 Å². The molecule has 0 saturated heterocycles. The molecule has 1 aliphatic rings. The van der Waals surface area contributed by atoms with E-state index in [1.807, 2.05) is 19.1 Å². The maximum absolute atomic E-state index is 12.4. The number of nitrogens with one attached hydrogen (secondary N) is 1. The quantitative estimate of drug-likeness (QED) is 0.913. The monoisotopic (exact) mass is 314 g/mol. The second-order valence-corrected chi connectivity index (χ2v) is 7.00. The molecule has 0 fully saturated rings. The molecule has 1 atom stereocenters. The topological polar surface area (TPSA) is 75.4 Å². The van der Waals surface area contributed by atoms with Crippen LogP contribution >= 0.6 is 0 Å². The minimum Gasteiger partial charge on any atom is -0.455 e. The van der Waals surface area contributed by atoms with Gasteiger partial charge in [0.15, 0.2) is 5.76 Å². The van der Waals surface area contributed by atoms with Crippen LogP contribution in [0.4, 0.5) is 0 Å². The van der Waals surface area contributed by atoms with Gasteiger partial charge in [0, 0.05) is 36.5 Å². The van der Waals surface area contributed by atoms with Crippen molar-refractivity contribution in [1.82, 2.24) is 10.3 Å². The number of amides is 1. The van der Waals surface area contributed by atoms with Gasteiger partial charge in [-0.15, -0.1) is 0 Å². The fraction of sp³-hybridized carbons (Fsp3) is 0.444. The lowest BCUT2D eigenvalue weighted by Gasteiger charge is -2.31. The highest BCUT2D eigenvalue weighted by Gasteiger charge is 2.37. The van der Waals surface area contributed by atoms with Gasteiger partial charge >= 0.3 is 0 Å². The molecule has 122 valence electrons. The maximum atomic E-state index is 12.4. The SMILES string of the molecule is Cc1c(C(=O)NCc2cccnc2)oc2c1[C@@H](O)CC(C)(C)C2. The Bertz CT molecular complexity index is 719. The van der Waals surface area contributed by atoms with Crippen molar-refractivity contribution >= 4 is 5.91 Å². The molecule has 1 aliphatic carbocycles. The van der Waals surface area contributed by atoms with E-state index in [0.29, 0.717) is 18.7 Å². The Labute approximate surface area is 135 Å². The molecule has 3 rings (SSSR count). The number of nitrogens with zero attached hydrogens (tertiary/aromatic N) is 1. The van der Waals surface area contributed by atoms with E-state index in [-0.39, 0.29) is 11.3 Å². The Morgan fingerprint density at radius 3 is 3.00 bits per heavy atom. The minimum absolute atomic E-state index is 0.0276. The lowest BCUT2D eigenvalue weighted by Crippen LogP contribution is -2.25. The van der Waals surface area contributed by atoms with Crippen molar-refractivity contribution in [2.75, 3.05) is 0 Å². The fourth-order valence-electron chi connectivity index (χ4n) is 3.27. The first-order valence-corrected chi connectivity index (χ1v) is 7.85. The third-order valence-corrected chi connectivity index (χ3v) is 4.37. The van der Waals surface area contributed by atoms with Crippen molar-refractivity contribution < 1.29 is 14.3 Å². The van der Waals surface area contributed by atoms with Gasteiger partial charge in [0.05, 0.1) is 6.10 Å². The fourth-order valence-corrected chi connectivity index (χ4v) is 3.27. The van der Waals surface area contributed by atoms with Crippen molar-refractivity contribution in [3.05, 3.63) is 52.7 Å². The molecule has 2 aromatic rings. The molecule has 0 radical (unpaired) electrons. The van der Waals surface area contributed by atoms with Crippen LogP contribution in [-0.2, 0) is 13.0 Å². The Morgan fingerprint density at radius 1 is 1.52 bits per heavy atom. The van der Waals surface area contributed by atoms with Crippen LogP contribution in [0.1, 0.15) is 59.4 Å². The molecule has 0 unspecified atom stereocenters. The highest BCUT2D eigenvalue weighted by Crippen LogP contribution is 2.43. The van der Waals surface area contributed by atoms with Crippen molar-refractivity contribution in [2.45, 2.75) is 46.3 Å². The summed E-state index contributed by atoms with van der Waals surface area (Å²) in [5.74, 6) is 0.777. The molecule has 0 aliphatic heterocycles. The Hall–Kier alpha value is -2.14. The number of pyridine rings is 1. The Morgan fingerprint density at radius 2 is 2.30 bits per heavy atom. The summed E-state index contributed by atoms with van der Waals surface area (Å²) >= 11 is 0. The summed E-state index contributed by atoms with van der Waals surface area (Å²) in [5.41, 5.74) is 2.43. The number of aliphatic hydroxyl groups is 1. The van der Waals surface area contributed by atoms with E-state index in [1.54, 1.807) is 12.4 Å². The number of aromatic nitrogens is 1. The van der Waals surface area contributed by atoms with Crippen LogP contribution in [0, 0.1) is 12.3 Å². The van der Waals surface area contributed by atoms with Crippen LogP contribution in [0.3, 0.4) is 0 Å². The lowest BCUT2D eigenvalue weighted by atomic mass is 9.75. The summed E-state index contributed by atoms with van der Waals surface area (Å²) in [5, 5.41) is 13.2. The molecule has 2 aromatic heterocycles. The zero-order chi connectivity index (χ0) is 16.6. The molecule has 2 N–H and O–H groups in total.